The molecule has 96 valence electrons. The van der Waals surface area contributed by atoms with Crippen LogP contribution in [0.25, 0.3) is 0 Å². The zero-order valence-electron chi connectivity index (χ0n) is 11.0. The summed E-state index contributed by atoms with van der Waals surface area (Å²) in [5.41, 5.74) is -0.108. The Bertz CT molecular complexity index is 356. The van der Waals surface area contributed by atoms with E-state index in [9.17, 15) is 0 Å². The Hall–Kier alpha value is -0.450. The molecule has 3 nitrogen and oxygen atoms in total. The van der Waals surface area contributed by atoms with Gasteiger partial charge in [0.1, 0.15) is 10.6 Å². The predicted molar refractivity (Wildman–Crippen MR) is 71.2 cm³/mol. The summed E-state index contributed by atoms with van der Waals surface area (Å²) in [6, 6.07) is 0. The van der Waals surface area contributed by atoms with Gasteiger partial charge in [0.05, 0.1) is 0 Å². The van der Waals surface area contributed by atoms with E-state index in [0.29, 0.717) is 0 Å². The zero-order valence-corrected chi connectivity index (χ0v) is 11.8. The van der Waals surface area contributed by atoms with E-state index >= 15 is 0 Å². The Labute approximate surface area is 108 Å². The Morgan fingerprint density at radius 1 is 1.53 bits per heavy atom. The van der Waals surface area contributed by atoms with Crippen molar-refractivity contribution in [2.75, 3.05) is 14.2 Å². The molecule has 0 amide bonds. The van der Waals surface area contributed by atoms with Crippen molar-refractivity contribution in [3.63, 3.8) is 0 Å². The Morgan fingerprint density at radius 3 is 2.82 bits per heavy atom. The molecule has 1 aliphatic carbocycles. The lowest BCUT2D eigenvalue weighted by Gasteiger charge is -2.36. The number of nitrogens with zero attached hydrogens (tertiary/aromatic N) is 1. The van der Waals surface area contributed by atoms with Crippen LogP contribution in [0.3, 0.4) is 0 Å². The maximum Gasteiger partial charge on any atom is 0.125 e. The van der Waals surface area contributed by atoms with Crippen LogP contribution in [0.1, 0.15) is 42.5 Å². The van der Waals surface area contributed by atoms with Gasteiger partial charge in [-0.1, -0.05) is 6.92 Å². The van der Waals surface area contributed by atoms with E-state index in [1.54, 1.807) is 11.3 Å². The third-order valence-corrected chi connectivity index (χ3v) is 4.95. The molecule has 1 saturated carbocycles. The summed E-state index contributed by atoms with van der Waals surface area (Å²) in [6.45, 7) is 3.22. The fourth-order valence-electron chi connectivity index (χ4n) is 2.51. The molecule has 0 atom stereocenters. The largest absolute Gasteiger partial charge is 0.371 e. The quantitative estimate of drug-likeness (QED) is 0.897. The SMILES string of the molecule is CNCc1cnc(C2(OC)CCC(C)CC2)s1. The van der Waals surface area contributed by atoms with Gasteiger partial charge < -0.3 is 10.1 Å². The number of methoxy groups -OCH3 is 1. The zero-order chi connectivity index (χ0) is 12.3. The summed E-state index contributed by atoms with van der Waals surface area (Å²) in [5, 5.41) is 4.33. The lowest BCUT2D eigenvalue weighted by molar-refractivity contribution is -0.0531. The number of thiazole rings is 1. The van der Waals surface area contributed by atoms with Crippen LogP contribution in [-0.4, -0.2) is 19.1 Å². The minimum absolute atomic E-state index is 0.108. The summed E-state index contributed by atoms with van der Waals surface area (Å²) in [6.07, 6.45) is 6.69. The number of nitrogens with one attached hydrogen (secondary N) is 1. The van der Waals surface area contributed by atoms with Crippen LogP contribution in [-0.2, 0) is 16.9 Å². The van der Waals surface area contributed by atoms with Crippen molar-refractivity contribution in [3.8, 4) is 0 Å². The van der Waals surface area contributed by atoms with E-state index in [-0.39, 0.29) is 5.60 Å². The Balaban J connectivity index is 2.16. The molecule has 17 heavy (non-hydrogen) atoms. The molecule has 1 aliphatic rings. The van der Waals surface area contributed by atoms with Crippen LogP contribution < -0.4 is 5.32 Å². The third-order valence-electron chi connectivity index (χ3n) is 3.77. The summed E-state index contributed by atoms with van der Waals surface area (Å²) < 4.78 is 5.83. The minimum atomic E-state index is -0.108. The first kappa shape index (κ1) is 13.0. The van der Waals surface area contributed by atoms with Crippen molar-refractivity contribution >= 4 is 11.3 Å². The lowest BCUT2D eigenvalue weighted by Crippen LogP contribution is -2.33. The molecule has 1 aromatic heterocycles. The second kappa shape index (κ2) is 5.46. The maximum atomic E-state index is 5.83. The first-order valence-corrected chi connectivity index (χ1v) is 7.17. The summed E-state index contributed by atoms with van der Waals surface area (Å²) in [4.78, 5) is 5.87. The number of aromatic nitrogens is 1. The molecule has 0 bridgehead atoms. The van der Waals surface area contributed by atoms with Gasteiger partial charge in [0, 0.05) is 24.7 Å². The average molecular weight is 254 g/mol. The van der Waals surface area contributed by atoms with Crippen LogP contribution in [0.4, 0.5) is 0 Å². The van der Waals surface area contributed by atoms with E-state index in [4.69, 9.17) is 4.74 Å². The van der Waals surface area contributed by atoms with Gasteiger partial charge in [0.25, 0.3) is 0 Å². The molecular weight excluding hydrogens is 232 g/mol. The van der Waals surface area contributed by atoms with Gasteiger partial charge in [-0.15, -0.1) is 11.3 Å². The number of hydrogen-bond acceptors (Lipinski definition) is 4. The molecule has 1 aromatic rings. The molecule has 0 aromatic carbocycles. The van der Waals surface area contributed by atoms with Crippen LogP contribution in [0.15, 0.2) is 6.20 Å². The van der Waals surface area contributed by atoms with Crippen molar-refractivity contribution in [1.29, 1.82) is 0 Å². The highest BCUT2D eigenvalue weighted by Crippen LogP contribution is 2.43. The van der Waals surface area contributed by atoms with E-state index in [1.165, 1.54) is 17.7 Å². The molecule has 0 aliphatic heterocycles. The van der Waals surface area contributed by atoms with Gasteiger partial charge in [-0.2, -0.15) is 0 Å². The second-order valence-electron chi connectivity index (χ2n) is 5.04. The fourth-order valence-corrected chi connectivity index (χ4v) is 3.66. The number of hydrogen-bond donors (Lipinski definition) is 1. The van der Waals surface area contributed by atoms with Crippen molar-refractivity contribution in [2.24, 2.45) is 5.92 Å². The fraction of sp³-hybridized carbons (Fsp3) is 0.769. The molecule has 0 unspecified atom stereocenters. The Kier molecular flexibility index (Phi) is 4.17. The highest BCUT2D eigenvalue weighted by atomic mass is 32.1. The van der Waals surface area contributed by atoms with Crippen LogP contribution >= 0.6 is 11.3 Å². The lowest BCUT2D eigenvalue weighted by atomic mass is 9.80. The number of ether oxygens (including phenoxy) is 1. The molecule has 0 radical (unpaired) electrons. The average Bonchev–Trinajstić information content (AvgIpc) is 2.80. The van der Waals surface area contributed by atoms with Crippen molar-refractivity contribution in [2.45, 2.75) is 44.8 Å². The first-order valence-electron chi connectivity index (χ1n) is 6.35. The first-order chi connectivity index (χ1) is 8.20. The Morgan fingerprint density at radius 2 is 2.24 bits per heavy atom. The number of rotatable bonds is 4. The van der Waals surface area contributed by atoms with Crippen molar-refractivity contribution in [3.05, 3.63) is 16.1 Å². The van der Waals surface area contributed by atoms with Gasteiger partial charge in [0.2, 0.25) is 0 Å². The van der Waals surface area contributed by atoms with Crippen LogP contribution in [0, 0.1) is 5.92 Å². The summed E-state index contributed by atoms with van der Waals surface area (Å²) >= 11 is 1.79. The van der Waals surface area contributed by atoms with Crippen LogP contribution in [0.5, 0.6) is 0 Å². The summed E-state index contributed by atoms with van der Waals surface area (Å²) in [7, 11) is 3.79. The summed E-state index contributed by atoms with van der Waals surface area (Å²) in [5.74, 6) is 0.829. The third kappa shape index (κ3) is 2.69. The smallest absolute Gasteiger partial charge is 0.125 e. The van der Waals surface area contributed by atoms with E-state index in [2.05, 4.69) is 17.2 Å². The van der Waals surface area contributed by atoms with Crippen LogP contribution in [0.2, 0.25) is 0 Å². The molecule has 0 spiro atoms. The highest BCUT2D eigenvalue weighted by Gasteiger charge is 2.38. The van der Waals surface area contributed by atoms with Gasteiger partial charge in [-0.05, 0) is 38.6 Å². The second-order valence-corrected chi connectivity index (χ2v) is 6.16. The van der Waals surface area contributed by atoms with Crippen molar-refractivity contribution < 1.29 is 4.74 Å². The van der Waals surface area contributed by atoms with E-state index < -0.39 is 0 Å². The van der Waals surface area contributed by atoms with E-state index in [0.717, 1.165) is 30.3 Å². The normalized spacial score (nSPS) is 29.5. The van der Waals surface area contributed by atoms with Gasteiger partial charge in [-0.25, -0.2) is 4.98 Å². The molecule has 4 heteroatoms. The van der Waals surface area contributed by atoms with Gasteiger partial charge in [0.15, 0.2) is 0 Å². The molecular formula is C13H22N2OS. The molecule has 1 heterocycles. The standard InChI is InChI=1S/C13H22N2OS/c1-10-4-6-13(16-3,7-5-10)12-15-9-11(17-12)8-14-2/h9-10,14H,4-8H2,1-3H3. The highest BCUT2D eigenvalue weighted by molar-refractivity contribution is 7.11. The molecule has 1 fully saturated rings. The van der Waals surface area contributed by atoms with Gasteiger partial charge in [-0.3, -0.25) is 0 Å². The monoisotopic (exact) mass is 254 g/mol. The molecule has 1 N–H and O–H groups in total. The topological polar surface area (TPSA) is 34.2 Å². The minimum Gasteiger partial charge on any atom is -0.371 e. The van der Waals surface area contributed by atoms with E-state index in [1.807, 2.05) is 20.4 Å². The maximum absolute atomic E-state index is 5.83. The molecule has 0 saturated heterocycles. The molecule has 2 rings (SSSR count). The van der Waals surface area contributed by atoms with Gasteiger partial charge >= 0.3 is 0 Å². The predicted octanol–water partition coefficient (Wildman–Crippen LogP) is 2.91. The van der Waals surface area contributed by atoms with Crippen molar-refractivity contribution in [1.82, 2.24) is 10.3 Å².